The summed E-state index contributed by atoms with van der Waals surface area (Å²) in [5, 5.41) is 0. The Morgan fingerprint density at radius 1 is 1.40 bits per heavy atom. The number of fused-ring (bicyclic) bond motifs is 1. The van der Waals surface area contributed by atoms with E-state index >= 15 is 0 Å². The van der Waals surface area contributed by atoms with E-state index in [0.29, 0.717) is 18.9 Å². The van der Waals surface area contributed by atoms with Gasteiger partial charge in [0, 0.05) is 17.6 Å². The van der Waals surface area contributed by atoms with E-state index < -0.39 is 0 Å². The molecule has 0 spiro atoms. The Hall–Kier alpha value is -2.36. The standard InChI is InChI=1S/C16H15NO3/c1-2-19-10-13-8-12(16-17-9-15(18)20-16)7-11-5-3-4-6-14(11)13/h3-6,8,10H,2,7,9H2,1H3. The highest BCUT2D eigenvalue weighted by Crippen LogP contribution is 2.30. The molecular formula is C16H15NO3. The Balaban J connectivity index is 1.98. The van der Waals surface area contributed by atoms with Crippen LogP contribution in [-0.2, 0) is 20.7 Å². The molecule has 20 heavy (non-hydrogen) atoms. The number of esters is 1. The molecule has 0 saturated carbocycles. The summed E-state index contributed by atoms with van der Waals surface area (Å²) in [6.07, 6.45) is 4.44. The summed E-state index contributed by atoms with van der Waals surface area (Å²) in [6, 6.07) is 8.14. The van der Waals surface area contributed by atoms with Crippen molar-refractivity contribution < 1.29 is 14.3 Å². The second kappa shape index (κ2) is 5.33. The Bertz CT molecular complexity index is 641. The molecule has 4 nitrogen and oxygen atoms in total. The molecule has 2 aliphatic rings. The second-order valence-electron chi connectivity index (χ2n) is 4.63. The van der Waals surface area contributed by atoms with Gasteiger partial charge < -0.3 is 9.47 Å². The normalized spacial score (nSPS) is 19.2. The van der Waals surface area contributed by atoms with E-state index in [2.05, 4.69) is 17.1 Å². The van der Waals surface area contributed by atoms with Crippen LogP contribution in [0.5, 0.6) is 0 Å². The molecule has 0 bridgehead atoms. The molecule has 1 aliphatic carbocycles. The van der Waals surface area contributed by atoms with Gasteiger partial charge in [-0.1, -0.05) is 24.3 Å². The number of carbonyl (C=O) groups excluding carboxylic acids is 1. The summed E-state index contributed by atoms with van der Waals surface area (Å²) in [5.74, 6) is 0.141. The zero-order valence-electron chi connectivity index (χ0n) is 11.3. The SMILES string of the molecule is CCOC=C1C=C(C2=NCC(=O)O2)Cc2ccccc21. The molecule has 1 aliphatic heterocycles. The lowest BCUT2D eigenvalue weighted by molar-refractivity contribution is -0.132. The van der Waals surface area contributed by atoms with Crippen molar-refractivity contribution in [1.29, 1.82) is 0 Å². The van der Waals surface area contributed by atoms with Gasteiger partial charge in [-0.3, -0.25) is 0 Å². The van der Waals surface area contributed by atoms with Gasteiger partial charge in [-0.25, -0.2) is 9.79 Å². The highest BCUT2D eigenvalue weighted by Gasteiger charge is 2.24. The van der Waals surface area contributed by atoms with E-state index in [1.54, 1.807) is 6.26 Å². The van der Waals surface area contributed by atoms with Crippen LogP contribution in [0.15, 0.2) is 47.2 Å². The average molecular weight is 269 g/mol. The van der Waals surface area contributed by atoms with Crippen LogP contribution in [0.3, 0.4) is 0 Å². The number of benzene rings is 1. The van der Waals surface area contributed by atoms with Crippen molar-refractivity contribution in [2.45, 2.75) is 13.3 Å². The number of nitrogens with zero attached hydrogens (tertiary/aromatic N) is 1. The number of hydrogen-bond acceptors (Lipinski definition) is 4. The minimum Gasteiger partial charge on any atom is -0.501 e. The lowest BCUT2D eigenvalue weighted by atomic mass is 9.88. The maximum atomic E-state index is 11.2. The molecule has 3 rings (SSSR count). The lowest BCUT2D eigenvalue weighted by Crippen LogP contribution is -2.13. The Morgan fingerprint density at radius 2 is 2.25 bits per heavy atom. The van der Waals surface area contributed by atoms with Gasteiger partial charge in [-0.05, 0) is 24.1 Å². The van der Waals surface area contributed by atoms with Crippen LogP contribution < -0.4 is 0 Å². The van der Waals surface area contributed by atoms with Gasteiger partial charge in [0.15, 0.2) is 0 Å². The third-order valence-corrected chi connectivity index (χ3v) is 3.25. The molecule has 1 aromatic rings. The van der Waals surface area contributed by atoms with Crippen LogP contribution >= 0.6 is 0 Å². The van der Waals surface area contributed by atoms with Crippen molar-refractivity contribution in [2.75, 3.05) is 13.2 Å². The number of allylic oxidation sites excluding steroid dienone is 2. The van der Waals surface area contributed by atoms with Crippen LogP contribution in [0.4, 0.5) is 0 Å². The lowest BCUT2D eigenvalue weighted by Gasteiger charge is -2.18. The second-order valence-corrected chi connectivity index (χ2v) is 4.63. The van der Waals surface area contributed by atoms with Gasteiger partial charge in [-0.15, -0.1) is 0 Å². The van der Waals surface area contributed by atoms with E-state index in [0.717, 1.165) is 16.7 Å². The number of carbonyl (C=O) groups is 1. The van der Waals surface area contributed by atoms with Gasteiger partial charge in [0.05, 0.1) is 12.9 Å². The van der Waals surface area contributed by atoms with Gasteiger partial charge >= 0.3 is 5.97 Å². The van der Waals surface area contributed by atoms with E-state index in [9.17, 15) is 4.79 Å². The first-order chi connectivity index (χ1) is 9.78. The van der Waals surface area contributed by atoms with E-state index in [4.69, 9.17) is 9.47 Å². The van der Waals surface area contributed by atoms with Crippen LogP contribution in [-0.4, -0.2) is 25.0 Å². The molecule has 4 heteroatoms. The van der Waals surface area contributed by atoms with Gasteiger partial charge in [0.2, 0.25) is 5.90 Å². The number of rotatable bonds is 3. The third-order valence-electron chi connectivity index (χ3n) is 3.25. The van der Waals surface area contributed by atoms with Gasteiger partial charge in [0.1, 0.15) is 6.54 Å². The summed E-state index contributed by atoms with van der Waals surface area (Å²) in [5.41, 5.74) is 4.23. The summed E-state index contributed by atoms with van der Waals surface area (Å²) in [7, 11) is 0. The molecule has 0 atom stereocenters. The molecule has 0 fully saturated rings. The van der Waals surface area contributed by atoms with Crippen LogP contribution in [0.2, 0.25) is 0 Å². The predicted molar refractivity (Wildman–Crippen MR) is 76.2 cm³/mol. The van der Waals surface area contributed by atoms with Crippen molar-refractivity contribution in [3.8, 4) is 0 Å². The maximum Gasteiger partial charge on any atom is 0.334 e. The zero-order chi connectivity index (χ0) is 13.9. The smallest absolute Gasteiger partial charge is 0.334 e. The fourth-order valence-electron chi connectivity index (χ4n) is 2.36. The number of hydrogen-bond donors (Lipinski definition) is 0. The van der Waals surface area contributed by atoms with Gasteiger partial charge in [0.25, 0.3) is 0 Å². The van der Waals surface area contributed by atoms with E-state index in [-0.39, 0.29) is 12.5 Å². The number of ether oxygens (including phenoxy) is 2. The molecule has 1 aromatic carbocycles. The zero-order valence-corrected chi connectivity index (χ0v) is 11.3. The Kier molecular flexibility index (Phi) is 3.37. The van der Waals surface area contributed by atoms with Crippen LogP contribution in [0.1, 0.15) is 18.1 Å². The fourth-order valence-corrected chi connectivity index (χ4v) is 2.36. The molecular weight excluding hydrogens is 254 g/mol. The summed E-state index contributed by atoms with van der Waals surface area (Å²) in [6.45, 7) is 2.67. The first-order valence-electron chi connectivity index (χ1n) is 6.64. The fraction of sp³-hybridized carbons (Fsp3) is 0.250. The molecule has 102 valence electrons. The minimum absolute atomic E-state index is 0.110. The molecule has 1 heterocycles. The maximum absolute atomic E-state index is 11.2. The topological polar surface area (TPSA) is 47.9 Å². The molecule has 0 N–H and O–H groups in total. The Morgan fingerprint density at radius 3 is 3.00 bits per heavy atom. The van der Waals surface area contributed by atoms with Gasteiger partial charge in [-0.2, -0.15) is 0 Å². The number of cyclic esters (lactones) is 1. The summed E-state index contributed by atoms with van der Waals surface area (Å²) >= 11 is 0. The monoisotopic (exact) mass is 269 g/mol. The van der Waals surface area contributed by atoms with Crippen LogP contribution in [0, 0.1) is 0 Å². The largest absolute Gasteiger partial charge is 0.501 e. The quantitative estimate of drug-likeness (QED) is 0.625. The highest BCUT2D eigenvalue weighted by atomic mass is 16.6. The average Bonchev–Trinajstić information content (AvgIpc) is 2.91. The predicted octanol–water partition coefficient (Wildman–Crippen LogP) is 2.50. The van der Waals surface area contributed by atoms with Crippen molar-refractivity contribution in [2.24, 2.45) is 4.99 Å². The summed E-state index contributed by atoms with van der Waals surface area (Å²) < 4.78 is 10.6. The minimum atomic E-state index is -0.296. The Labute approximate surface area is 117 Å². The van der Waals surface area contributed by atoms with Crippen molar-refractivity contribution in [3.05, 3.63) is 53.3 Å². The first kappa shape index (κ1) is 12.7. The molecule has 0 aromatic heterocycles. The first-order valence-corrected chi connectivity index (χ1v) is 6.64. The van der Waals surface area contributed by atoms with E-state index in [1.165, 1.54) is 5.56 Å². The molecule has 0 amide bonds. The van der Waals surface area contributed by atoms with Crippen molar-refractivity contribution in [1.82, 2.24) is 0 Å². The summed E-state index contributed by atoms with van der Waals surface area (Å²) in [4.78, 5) is 15.3. The number of aliphatic imine (C=N–C) groups is 1. The molecule has 0 saturated heterocycles. The van der Waals surface area contributed by atoms with Crippen LogP contribution in [0.25, 0.3) is 5.57 Å². The molecule has 0 unspecified atom stereocenters. The van der Waals surface area contributed by atoms with E-state index in [1.807, 2.05) is 25.1 Å². The molecule has 0 radical (unpaired) electrons. The third kappa shape index (κ3) is 2.37. The van der Waals surface area contributed by atoms with Crippen molar-refractivity contribution in [3.63, 3.8) is 0 Å². The van der Waals surface area contributed by atoms with Crippen molar-refractivity contribution >= 4 is 17.4 Å². The highest BCUT2D eigenvalue weighted by molar-refractivity contribution is 6.07.